The molecule has 0 aromatic heterocycles. The molecule has 0 aliphatic carbocycles. The zero-order chi connectivity index (χ0) is 33.6. The molecule has 3 heterocycles. The lowest BCUT2D eigenvalue weighted by atomic mass is 9.70. The summed E-state index contributed by atoms with van der Waals surface area (Å²) in [7, 11) is 0. The summed E-state index contributed by atoms with van der Waals surface area (Å²) in [5.41, 5.74) is -1.08. The normalized spacial score (nSPS) is 27.2. The molecule has 1 aromatic rings. The van der Waals surface area contributed by atoms with E-state index in [0.717, 1.165) is 0 Å². The van der Waals surface area contributed by atoms with E-state index in [1.807, 2.05) is 51.1 Å². The van der Waals surface area contributed by atoms with Gasteiger partial charge in [0.2, 0.25) is 17.7 Å². The molecule has 3 fully saturated rings. The summed E-state index contributed by atoms with van der Waals surface area (Å²) in [6, 6.07) is 8.22. The molecule has 1 aromatic carbocycles. The predicted octanol–water partition coefficient (Wildman–Crippen LogP) is 4.08. The summed E-state index contributed by atoms with van der Waals surface area (Å²) in [5.74, 6) is -3.19. The van der Waals surface area contributed by atoms with Crippen LogP contribution in [0.3, 0.4) is 0 Å². The van der Waals surface area contributed by atoms with Crippen LogP contribution in [-0.4, -0.2) is 93.0 Å². The molecule has 11 heteroatoms. The molecule has 2 bridgehead atoms. The predicted molar refractivity (Wildman–Crippen MR) is 178 cm³/mol. The molecule has 1 unspecified atom stereocenters. The summed E-state index contributed by atoms with van der Waals surface area (Å²) >= 11 is 3.72. The van der Waals surface area contributed by atoms with E-state index in [1.165, 1.54) is 0 Å². The Bertz CT molecular complexity index is 1280. The molecule has 46 heavy (non-hydrogen) atoms. The number of hydrogen-bond acceptors (Lipinski definition) is 7. The number of likely N-dealkylation sites (tertiary alicyclic amines) is 1. The van der Waals surface area contributed by atoms with Gasteiger partial charge in [-0.2, -0.15) is 0 Å². The van der Waals surface area contributed by atoms with Crippen LogP contribution in [-0.2, 0) is 28.7 Å². The maximum Gasteiger partial charge on any atom is 0.313 e. The van der Waals surface area contributed by atoms with Gasteiger partial charge in [0.1, 0.15) is 17.7 Å². The molecule has 3 amide bonds. The van der Waals surface area contributed by atoms with E-state index < -0.39 is 47.2 Å². The zero-order valence-corrected chi connectivity index (χ0v) is 28.7. The van der Waals surface area contributed by atoms with Gasteiger partial charge in [0, 0.05) is 36.5 Å². The Balaban J connectivity index is 1.67. The van der Waals surface area contributed by atoms with Crippen LogP contribution in [0.5, 0.6) is 0 Å². The maximum atomic E-state index is 14.5. The Hall–Kier alpha value is -3.02. The number of ether oxygens (including phenoxy) is 2. The number of allylic oxidation sites excluding steroid dienone is 1. The number of carbonyl (C=O) groups excluding carboxylic acids is 4. The molecule has 10 nitrogen and oxygen atoms in total. The maximum absolute atomic E-state index is 14.5. The summed E-state index contributed by atoms with van der Waals surface area (Å²) < 4.78 is 12.8. The van der Waals surface area contributed by atoms with Crippen molar-refractivity contribution < 1.29 is 33.8 Å². The number of esters is 1. The van der Waals surface area contributed by atoms with E-state index in [9.17, 15) is 24.3 Å². The summed E-state index contributed by atoms with van der Waals surface area (Å²) in [6.45, 7) is 14.0. The number of aliphatic hydroxyl groups excluding tert-OH is 1. The van der Waals surface area contributed by atoms with Crippen molar-refractivity contribution in [1.82, 2.24) is 15.1 Å². The number of nitrogens with one attached hydrogen (secondary N) is 1. The van der Waals surface area contributed by atoms with Gasteiger partial charge >= 0.3 is 5.97 Å². The summed E-state index contributed by atoms with van der Waals surface area (Å²) in [5, 5.41) is 12.2. The third-order valence-electron chi connectivity index (χ3n) is 9.23. The third-order valence-corrected chi connectivity index (χ3v) is 10.1. The Labute approximate surface area is 280 Å². The number of hydrogen-bond donors (Lipinski definition) is 2. The van der Waals surface area contributed by atoms with Crippen LogP contribution in [0, 0.1) is 11.8 Å². The molecule has 2 N–H and O–H groups in total. The second-order valence-electron chi connectivity index (χ2n) is 13.4. The minimum absolute atomic E-state index is 0.0429. The fourth-order valence-corrected chi connectivity index (χ4v) is 8.05. The van der Waals surface area contributed by atoms with Crippen LogP contribution in [0.15, 0.2) is 55.6 Å². The molecule has 0 saturated carbocycles. The van der Waals surface area contributed by atoms with E-state index in [4.69, 9.17) is 9.47 Å². The Morgan fingerprint density at radius 3 is 2.54 bits per heavy atom. The summed E-state index contributed by atoms with van der Waals surface area (Å²) in [4.78, 5) is 58.5. The van der Waals surface area contributed by atoms with Crippen LogP contribution in [0.4, 0.5) is 0 Å². The number of benzene rings is 1. The van der Waals surface area contributed by atoms with Gasteiger partial charge in [0.05, 0.1) is 24.5 Å². The van der Waals surface area contributed by atoms with Crippen molar-refractivity contribution in [3.05, 3.63) is 61.2 Å². The lowest BCUT2D eigenvalue weighted by molar-refractivity contribution is -0.160. The summed E-state index contributed by atoms with van der Waals surface area (Å²) in [6.07, 6.45) is 4.90. The zero-order valence-electron chi connectivity index (χ0n) is 27.2. The van der Waals surface area contributed by atoms with E-state index >= 15 is 0 Å². The number of unbranched alkanes of at least 4 members (excludes halogenated alkanes) is 2. The number of fused-ring (bicyclic) bond motifs is 1. The van der Waals surface area contributed by atoms with E-state index in [-0.39, 0.29) is 48.7 Å². The molecule has 7 atom stereocenters. The van der Waals surface area contributed by atoms with Crippen molar-refractivity contribution in [2.24, 2.45) is 11.8 Å². The number of alkyl halides is 1. The van der Waals surface area contributed by atoms with E-state index in [2.05, 4.69) is 34.4 Å². The molecular formula is C35H48BrN3O7. The first kappa shape index (κ1) is 35.8. The number of amides is 3. The van der Waals surface area contributed by atoms with Gasteiger partial charge in [-0.25, -0.2) is 0 Å². The van der Waals surface area contributed by atoms with Crippen LogP contribution >= 0.6 is 15.9 Å². The highest BCUT2D eigenvalue weighted by Gasteiger charge is 2.77. The van der Waals surface area contributed by atoms with Gasteiger partial charge in [-0.3, -0.25) is 19.2 Å². The number of nitrogens with zero attached hydrogens (tertiary/aromatic N) is 2. The number of aliphatic hydroxyl groups is 1. The second kappa shape index (κ2) is 15.3. The van der Waals surface area contributed by atoms with Crippen molar-refractivity contribution in [2.75, 3.05) is 26.2 Å². The molecule has 3 saturated heterocycles. The van der Waals surface area contributed by atoms with E-state index in [0.29, 0.717) is 44.2 Å². The number of rotatable bonds is 16. The van der Waals surface area contributed by atoms with Gasteiger partial charge in [0.25, 0.3) is 0 Å². The number of carbonyl (C=O) groups is 4. The third kappa shape index (κ3) is 7.26. The Kier molecular flexibility index (Phi) is 11.9. The second-order valence-corrected chi connectivity index (χ2v) is 14.5. The van der Waals surface area contributed by atoms with Crippen molar-refractivity contribution in [1.29, 1.82) is 0 Å². The highest BCUT2D eigenvalue weighted by Crippen LogP contribution is 2.60. The lowest BCUT2D eigenvalue weighted by Crippen LogP contribution is -2.60. The minimum Gasteiger partial charge on any atom is -0.455 e. The fraction of sp³-hybridized carbons (Fsp3) is 0.600. The van der Waals surface area contributed by atoms with Crippen LogP contribution in [0.1, 0.15) is 71.0 Å². The molecule has 3 aliphatic heterocycles. The van der Waals surface area contributed by atoms with Gasteiger partial charge in [0.15, 0.2) is 0 Å². The van der Waals surface area contributed by atoms with Crippen molar-refractivity contribution in [2.45, 2.75) is 93.5 Å². The quantitative estimate of drug-likeness (QED) is 0.115. The van der Waals surface area contributed by atoms with Crippen LogP contribution < -0.4 is 5.32 Å². The largest absolute Gasteiger partial charge is 0.455 e. The van der Waals surface area contributed by atoms with Gasteiger partial charge in [-0.1, -0.05) is 58.4 Å². The van der Waals surface area contributed by atoms with Crippen LogP contribution in [0.2, 0.25) is 0 Å². The monoisotopic (exact) mass is 701 g/mol. The average Bonchev–Trinajstić information content (AvgIpc) is 3.61. The topological polar surface area (TPSA) is 125 Å². The van der Waals surface area contributed by atoms with Gasteiger partial charge in [-0.15, -0.1) is 13.2 Å². The van der Waals surface area contributed by atoms with Crippen LogP contribution in [0.25, 0.3) is 0 Å². The first-order chi connectivity index (χ1) is 21.9. The van der Waals surface area contributed by atoms with Crippen molar-refractivity contribution >= 4 is 39.6 Å². The molecule has 0 radical (unpaired) electrons. The molecular weight excluding hydrogens is 654 g/mol. The average molecular weight is 703 g/mol. The van der Waals surface area contributed by atoms with Gasteiger partial charge < -0.3 is 29.7 Å². The number of halogens is 1. The fourth-order valence-electron chi connectivity index (χ4n) is 7.10. The standard InChI is InChI=1S/C35H48BrN3O7/c1-6-8-17-26(41)37-22-25(23-15-11-9-12-16-23)45-33(44)27-28-31(42)38(19-13-10-14-20-40)30(35(28)21-24(36)29(27)46-35)32(43)39(18-7-2)34(3,4)5/h6-7,9,11-12,15-16,24-25,27-30,40H,1-2,8,10,13-14,17-22H2,3-5H3,(H,37,41)/t24?,25-,27-,28+,29-,30-,35+/m1/s1. The SMILES string of the molecule is C=CCCC(=O)NC[C@@H](OC(=O)[C@H]1[C@@H]2O[C@@]3(CC2Br)[C@@H]1C(=O)N(CCCCCO)[C@@H]3C(=O)N(CC=C)C(C)(C)C)c1ccccc1. The minimum atomic E-state index is -1.22. The first-order valence-electron chi connectivity index (χ1n) is 16.2. The van der Waals surface area contributed by atoms with E-state index in [1.54, 1.807) is 22.0 Å². The first-order valence-corrected chi connectivity index (χ1v) is 17.1. The highest BCUT2D eigenvalue weighted by molar-refractivity contribution is 9.09. The molecule has 252 valence electrons. The molecule has 4 rings (SSSR count). The Morgan fingerprint density at radius 1 is 1.20 bits per heavy atom. The van der Waals surface area contributed by atoms with Crippen molar-refractivity contribution in [3.8, 4) is 0 Å². The Morgan fingerprint density at radius 2 is 1.91 bits per heavy atom. The molecule has 3 aliphatic rings. The lowest BCUT2D eigenvalue weighted by Gasteiger charge is -2.42. The van der Waals surface area contributed by atoms with Crippen molar-refractivity contribution in [3.63, 3.8) is 0 Å². The van der Waals surface area contributed by atoms with Gasteiger partial charge in [-0.05, 0) is 58.4 Å². The molecule has 1 spiro atoms. The highest BCUT2D eigenvalue weighted by atomic mass is 79.9. The smallest absolute Gasteiger partial charge is 0.313 e.